The van der Waals surface area contributed by atoms with E-state index in [0.29, 0.717) is 12.6 Å². The topological polar surface area (TPSA) is 42.2 Å². The van der Waals surface area contributed by atoms with E-state index in [0.717, 1.165) is 23.7 Å². The Kier molecular flexibility index (Phi) is 4.54. The molecule has 86 valence electrons. The Morgan fingerprint density at radius 3 is 2.40 bits per heavy atom. The van der Waals surface area contributed by atoms with Crippen molar-refractivity contribution in [3.8, 4) is 0 Å². The fourth-order valence-corrected chi connectivity index (χ4v) is 2.72. The van der Waals surface area contributed by atoms with Gasteiger partial charge in [0.25, 0.3) is 0 Å². The minimum Gasteiger partial charge on any atom is -0.348 e. The zero-order chi connectivity index (χ0) is 11.4. The maximum Gasteiger partial charge on any atom is 0.185 e. The summed E-state index contributed by atoms with van der Waals surface area (Å²) >= 11 is 1.72. The van der Waals surface area contributed by atoms with Crippen LogP contribution < -0.4 is 10.6 Å². The summed E-state index contributed by atoms with van der Waals surface area (Å²) < 4.78 is 0. The molecule has 0 amide bonds. The van der Waals surface area contributed by atoms with Crippen molar-refractivity contribution in [2.45, 2.75) is 46.2 Å². The molecule has 4 heteroatoms. The zero-order valence-corrected chi connectivity index (χ0v) is 10.9. The van der Waals surface area contributed by atoms with Crippen LogP contribution in [0.2, 0.25) is 0 Å². The molecule has 1 rings (SSSR count). The van der Waals surface area contributed by atoms with Gasteiger partial charge in [0.2, 0.25) is 0 Å². The summed E-state index contributed by atoms with van der Waals surface area (Å²) in [6.07, 6.45) is 2.31. The number of anilines is 1. The smallest absolute Gasteiger partial charge is 0.185 e. The van der Waals surface area contributed by atoms with Crippen LogP contribution in [0.3, 0.4) is 0 Å². The summed E-state index contributed by atoms with van der Waals surface area (Å²) in [4.78, 5) is 8.03. The van der Waals surface area contributed by atoms with Crippen LogP contribution in [0.1, 0.15) is 37.3 Å². The van der Waals surface area contributed by atoms with E-state index in [1.54, 1.807) is 11.3 Å². The molecule has 0 fully saturated rings. The van der Waals surface area contributed by atoms with Gasteiger partial charge in [-0.1, -0.05) is 13.8 Å². The van der Waals surface area contributed by atoms with Crippen molar-refractivity contribution >= 4 is 16.5 Å². The zero-order valence-electron chi connectivity index (χ0n) is 10.1. The second-order valence-corrected chi connectivity index (χ2v) is 4.85. The molecule has 0 unspecified atom stereocenters. The molecule has 0 aliphatic rings. The largest absolute Gasteiger partial charge is 0.348 e. The molecule has 0 bridgehead atoms. The molecule has 0 atom stereocenters. The van der Waals surface area contributed by atoms with Crippen molar-refractivity contribution in [2.75, 3.05) is 11.9 Å². The summed E-state index contributed by atoms with van der Waals surface area (Å²) in [5.74, 6) is 0. The van der Waals surface area contributed by atoms with Gasteiger partial charge in [-0.15, -0.1) is 11.3 Å². The highest BCUT2D eigenvalue weighted by Gasteiger charge is 2.15. The van der Waals surface area contributed by atoms with Crippen molar-refractivity contribution < 1.29 is 0 Å². The molecular formula is C11H21N3S. The van der Waals surface area contributed by atoms with E-state index in [2.05, 4.69) is 30.8 Å². The number of hydrogen-bond acceptors (Lipinski definition) is 4. The van der Waals surface area contributed by atoms with E-state index in [1.807, 2.05) is 6.92 Å². The van der Waals surface area contributed by atoms with Crippen molar-refractivity contribution in [3.05, 3.63) is 10.6 Å². The standard InChI is InChI=1S/C11H21N3S/c1-5-9(6-2)14(4)11-13-8(3)10(7-12)15-11/h9H,5-7,12H2,1-4H3. The first kappa shape index (κ1) is 12.5. The monoisotopic (exact) mass is 227 g/mol. The molecule has 1 aromatic rings. The van der Waals surface area contributed by atoms with Gasteiger partial charge in [-0.25, -0.2) is 4.98 Å². The summed E-state index contributed by atoms with van der Waals surface area (Å²) in [6.45, 7) is 7.06. The number of nitrogens with zero attached hydrogens (tertiary/aromatic N) is 2. The molecule has 0 spiro atoms. The van der Waals surface area contributed by atoms with Crippen molar-refractivity contribution in [1.29, 1.82) is 0 Å². The Morgan fingerprint density at radius 1 is 1.40 bits per heavy atom. The number of rotatable bonds is 5. The molecule has 0 saturated heterocycles. The van der Waals surface area contributed by atoms with E-state index in [-0.39, 0.29) is 0 Å². The maximum absolute atomic E-state index is 5.66. The third-order valence-electron chi connectivity index (χ3n) is 2.86. The molecule has 0 aliphatic carbocycles. The average Bonchev–Trinajstić information content (AvgIpc) is 2.61. The van der Waals surface area contributed by atoms with Gasteiger partial charge in [0.1, 0.15) is 0 Å². The maximum atomic E-state index is 5.66. The highest BCUT2D eigenvalue weighted by atomic mass is 32.1. The molecule has 15 heavy (non-hydrogen) atoms. The first-order chi connectivity index (χ1) is 7.13. The van der Waals surface area contributed by atoms with E-state index in [4.69, 9.17) is 5.73 Å². The number of aryl methyl sites for hydroxylation is 1. The van der Waals surface area contributed by atoms with Gasteiger partial charge in [0.15, 0.2) is 5.13 Å². The predicted molar refractivity (Wildman–Crippen MR) is 67.5 cm³/mol. The van der Waals surface area contributed by atoms with Gasteiger partial charge in [-0.3, -0.25) is 0 Å². The SMILES string of the molecule is CCC(CC)N(C)c1nc(C)c(CN)s1. The number of nitrogens with two attached hydrogens (primary N) is 1. The average molecular weight is 227 g/mol. The Morgan fingerprint density at radius 2 is 2.00 bits per heavy atom. The normalized spacial score (nSPS) is 11.1. The van der Waals surface area contributed by atoms with Crippen molar-refractivity contribution in [3.63, 3.8) is 0 Å². The van der Waals surface area contributed by atoms with E-state index < -0.39 is 0 Å². The highest BCUT2D eigenvalue weighted by Crippen LogP contribution is 2.27. The van der Waals surface area contributed by atoms with Gasteiger partial charge in [-0.05, 0) is 19.8 Å². The summed E-state index contributed by atoms with van der Waals surface area (Å²) in [5, 5.41) is 1.10. The van der Waals surface area contributed by atoms with Crippen molar-refractivity contribution in [1.82, 2.24) is 4.98 Å². The minimum atomic E-state index is 0.584. The Balaban J connectivity index is 2.85. The molecule has 3 nitrogen and oxygen atoms in total. The lowest BCUT2D eigenvalue weighted by molar-refractivity contribution is 0.590. The third-order valence-corrected chi connectivity index (χ3v) is 4.13. The highest BCUT2D eigenvalue weighted by molar-refractivity contribution is 7.15. The molecule has 0 aromatic carbocycles. The van der Waals surface area contributed by atoms with Crippen LogP contribution in [0.5, 0.6) is 0 Å². The van der Waals surface area contributed by atoms with Crippen LogP contribution in [0, 0.1) is 6.92 Å². The number of aromatic nitrogens is 1. The summed E-state index contributed by atoms with van der Waals surface area (Å²) in [6, 6.07) is 0.584. The van der Waals surface area contributed by atoms with Crippen LogP contribution >= 0.6 is 11.3 Å². The second kappa shape index (κ2) is 5.47. The molecule has 0 aliphatic heterocycles. The number of thiazole rings is 1. The van der Waals surface area contributed by atoms with Gasteiger partial charge >= 0.3 is 0 Å². The van der Waals surface area contributed by atoms with Crippen LogP contribution in [-0.2, 0) is 6.54 Å². The van der Waals surface area contributed by atoms with E-state index >= 15 is 0 Å². The van der Waals surface area contributed by atoms with Crippen LogP contribution in [-0.4, -0.2) is 18.1 Å². The van der Waals surface area contributed by atoms with Crippen LogP contribution in [0.25, 0.3) is 0 Å². The number of hydrogen-bond donors (Lipinski definition) is 1. The molecular weight excluding hydrogens is 206 g/mol. The first-order valence-corrected chi connectivity index (χ1v) is 6.34. The molecule has 2 N–H and O–H groups in total. The van der Waals surface area contributed by atoms with Crippen LogP contribution in [0.15, 0.2) is 0 Å². The molecule has 0 radical (unpaired) electrons. The molecule has 1 aromatic heterocycles. The second-order valence-electron chi connectivity index (χ2n) is 3.79. The van der Waals surface area contributed by atoms with E-state index in [9.17, 15) is 0 Å². The van der Waals surface area contributed by atoms with Crippen LogP contribution in [0.4, 0.5) is 5.13 Å². The lowest BCUT2D eigenvalue weighted by Gasteiger charge is -2.25. The lowest BCUT2D eigenvalue weighted by Crippen LogP contribution is -2.30. The van der Waals surface area contributed by atoms with Gasteiger partial charge in [0.05, 0.1) is 5.69 Å². The molecule has 0 saturated carbocycles. The fourth-order valence-electron chi connectivity index (χ4n) is 1.75. The van der Waals surface area contributed by atoms with Gasteiger partial charge in [0, 0.05) is 24.5 Å². The Hall–Kier alpha value is -0.610. The predicted octanol–water partition coefficient (Wildman–Crippen LogP) is 2.54. The third kappa shape index (κ3) is 2.69. The summed E-state index contributed by atoms with van der Waals surface area (Å²) in [7, 11) is 2.12. The summed E-state index contributed by atoms with van der Waals surface area (Å²) in [5.41, 5.74) is 6.74. The Bertz CT molecular complexity index is 305. The van der Waals surface area contributed by atoms with Gasteiger partial charge < -0.3 is 10.6 Å². The van der Waals surface area contributed by atoms with E-state index in [1.165, 1.54) is 4.88 Å². The fraction of sp³-hybridized carbons (Fsp3) is 0.727. The minimum absolute atomic E-state index is 0.584. The molecule has 1 heterocycles. The Labute approximate surface area is 96.3 Å². The lowest BCUT2D eigenvalue weighted by atomic mass is 10.1. The van der Waals surface area contributed by atoms with Gasteiger partial charge in [-0.2, -0.15) is 0 Å². The van der Waals surface area contributed by atoms with Crippen molar-refractivity contribution in [2.24, 2.45) is 5.73 Å². The quantitative estimate of drug-likeness (QED) is 0.840. The first-order valence-electron chi connectivity index (χ1n) is 5.53.